The molecular weight excluding hydrogens is 254 g/mol. The first kappa shape index (κ1) is 13.9. The molecule has 0 fully saturated rings. The molecule has 2 rings (SSSR count). The SMILES string of the molecule is Cc1c(N)cccc1NC(=O)CCn1ccccc1=O. The molecule has 0 saturated heterocycles. The monoisotopic (exact) mass is 271 g/mol. The second-order valence-corrected chi connectivity index (χ2v) is 4.55. The zero-order valence-electron chi connectivity index (χ0n) is 11.3. The van der Waals surface area contributed by atoms with Crippen LogP contribution in [-0.2, 0) is 11.3 Å². The van der Waals surface area contributed by atoms with Crippen LogP contribution in [0.5, 0.6) is 0 Å². The summed E-state index contributed by atoms with van der Waals surface area (Å²) in [5.74, 6) is -0.144. The molecule has 0 aliphatic heterocycles. The number of nitrogens with two attached hydrogens (primary N) is 1. The number of pyridine rings is 1. The van der Waals surface area contributed by atoms with Crippen molar-refractivity contribution < 1.29 is 4.79 Å². The van der Waals surface area contributed by atoms with Gasteiger partial charge < -0.3 is 15.6 Å². The van der Waals surface area contributed by atoms with E-state index in [1.807, 2.05) is 6.92 Å². The summed E-state index contributed by atoms with van der Waals surface area (Å²) in [4.78, 5) is 23.4. The Bertz CT molecular complexity index is 677. The van der Waals surface area contributed by atoms with Crippen molar-refractivity contribution in [2.75, 3.05) is 11.1 Å². The third-order valence-corrected chi connectivity index (χ3v) is 3.13. The highest BCUT2D eigenvalue weighted by Gasteiger charge is 2.06. The minimum atomic E-state index is -0.144. The van der Waals surface area contributed by atoms with E-state index in [0.717, 1.165) is 5.56 Å². The van der Waals surface area contributed by atoms with E-state index in [1.165, 1.54) is 10.6 Å². The van der Waals surface area contributed by atoms with Gasteiger partial charge in [0.1, 0.15) is 0 Å². The van der Waals surface area contributed by atoms with Crippen molar-refractivity contribution in [2.45, 2.75) is 19.9 Å². The highest BCUT2D eigenvalue weighted by atomic mass is 16.1. The standard InChI is InChI=1S/C15H17N3O2/c1-11-12(16)5-4-6-13(11)17-14(19)8-10-18-9-3-2-7-15(18)20/h2-7,9H,8,10,16H2,1H3,(H,17,19). The first-order valence-corrected chi connectivity index (χ1v) is 6.38. The first-order valence-electron chi connectivity index (χ1n) is 6.38. The number of rotatable bonds is 4. The van der Waals surface area contributed by atoms with E-state index in [4.69, 9.17) is 5.73 Å². The Morgan fingerprint density at radius 2 is 2.05 bits per heavy atom. The Labute approximate surface area is 117 Å². The summed E-state index contributed by atoms with van der Waals surface area (Å²) in [6.07, 6.45) is 1.90. The van der Waals surface area contributed by atoms with Crippen LogP contribution >= 0.6 is 0 Å². The van der Waals surface area contributed by atoms with Gasteiger partial charge in [0, 0.05) is 36.6 Å². The zero-order chi connectivity index (χ0) is 14.5. The van der Waals surface area contributed by atoms with Gasteiger partial charge in [-0.05, 0) is 30.7 Å². The van der Waals surface area contributed by atoms with Crippen LogP contribution < -0.4 is 16.6 Å². The first-order chi connectivity index (χ1) is 9.58. The Morgan fingerprint density at radius 3 is 2.80 bits per heavy atom. The number of nitrogen functional groups attached to an aromatic ring is 1. The lowest BCUT2D eigenvalue weighted by molar-refractivity contribution is -0.116. The number of nitrogens with zero attached hydrogens (tertiary/aromatic N) is 1. The topological polar surface area (TPSA) is 77.1 Å². The third kappa shape index (κ3) is 3.26. The van der Waals surface area contributed by atoms with E-state index in [-0.39, 0.29) is 17.9 Å². The molecular formula is C15H17N3O2. The van der Waals surface area contributed by atoms with Crippen LogP contribution in [-0.4, -0.2) is 10.5 Å². The van der Waals surface area contributed by atoms with Crippen molar-refractivity contribution in [2.24, 2.45) is 0 Å². The average Bonchev–Trinajstić information content (AvgIpc) is 2.43. The lowest BCUT2D eigenvalue weighted by Gasteiger charge is -2.10. The summed E-state index contributed by atoms with van der Waals surface area (Å²) < 4.78 is 1.51. The maximum Gasteiger partial charge on any atom is 0.250 e. The van der Waals surface area contributed by atoms with Crippen LogP contribution in [0.4, 0.5) is 11.4 Å². The molecule has 20 heavy (non-hydrogen) atoms. The molecule has 0 radical (unpaired) electrons. The molecule has 1 heterocycles. The molecule has 5 nitrogen and oxygen atoms in total. The van der Waals surface area contributed by atoms with Gasteiger partial charge in [-0.15, -0.1) is 0 Å². The van der Waals surface area contributed by atoms with Gasteiger partial charge in [0.15, 0.2) is 0 Å². The van der Waals surface area contributed by atoms with Crippen LogP contribution in [0.1, 0.15) is 12.0 Å². The van der Waals surface area contributed by atoms with Gasteiger partial charge in [-0.1, -0.05) is 12.1 Å². The van der Waals surface area contributed by atoms with Gasteiger partial charge in [-0.2, -0.15) is 0 Å². The summed E-state index contributed by atoms with van der Waals surface area (Å²) in [6.45, 7) is 2.21. The summed E-state index contributed by atoms with van der Waals surface area (Å²) in [6, 6.07) is 10.3. The van der Waals surface area contributed by atoms with E-state index in [1.54, 1.807) is 36.5 Å². The Hall–Kier alpha value is -2.56. The van der Waals surface area contributed by atoms with Crippen LogP contribution in [0, 0.1) is 6.92 Å². The smallest absolute Gasteiger partial charge is 0.250 e. The predicted molar refractivity (Wildman–Crippen MR) is 79.5 cm³/mol. The minimum Gasteiger partial charge on any atom is -0.398 e. The fourth-order valence-electron chi connectivity index (χ4n) is 1.87. The van der Waals surface area contributed by atoms with Gasteiger partial charge in [-0.3, -0.25) is 9.59 Å². The number of carbonyl (C=O) groups is 1. The van der Waals surface area contributed by atoms with E-state index in [9.17, 15) is 9.59 Å². The molecule has 1 aromatic heterocycles. The molecule has 2 aromatic rings. The molecule has 0 unspecified atom stereocenters. The van der Waals surface area contributed by atoms with Gasteiger partial charge in [0.05, 0.1) is 0 Å². The van der Waals surface area contributed by atoms with Gasteiger partial charge in [0.2, 0.25) is 5.91 Å². The van der Waals surface area contributed by atoms with Crippen molar-refractivity contribution >= 4 is 17.3 Å². The lowest BCUT2D eigenvalue weighted by atomic mass is 10.1. The number of hydrogen-bond donors (Lipinski definition) is 2. The Balaban J connectivity index is 1.98. The zero-order valence-corrected chi connectivity index (χ0v) is 11.3. The number of benzene rings is 1. The highest BCUT2D eigenvalue weighted by molar-refractivity contribution is 5.92. The number of aromatic nitrogens is 1. The number of anilines is 2. The molecule has 0 bridgehead atoms. The van der Waals surface area contributed by atoms with Crippen molar-refractivity contribution in [1.82, 2.24) is 4.57 Å². The summed E-state index contributed by atoms with van der Waals surface area (Å²) in [7, 11) is 0. The summed E-state index contributed by atoms with van der Waals surface area (Å²) >= 11 is 0. The molecule has 1 aromatic carbocycles. The molecule has 1 amide bonds. The van der Waals surface area contributed by atoms with E-state index < -0.39 is 0 Å². The normalized spacial score (nSPS) is 10.2. The number of hydrogen-bond acceptors (Lipinski definition) is 3. The second-order valence-electron chi connectivity index (χ2n) is 4.55. The number of carbonyl (C=O) groups excluding carboxylic acids is 1. The van der Waals surface area contributed by atoms with E-state index >= 15 is 0 Å². The molecule has 0 aliphatic rings. The van der Waals surface area contributed by atoms with Gasteiger partial charge in [-0.25, -0.2) is 0 Å². The summed E-state index contributed by atoms with van der Waals surface area (Å²) in [5, 5.41) is 2.81. The van der Waals surface area contributed by atoms with Crippen molar-refractivity contribution in [3.63, 3.8) is 0 Å². The number of nitrogens with one attached hydrogen (secondary N) is 1. The van der Waals surface area contributed by atoms with Crippen LogP contribution in [0.25, 0.3) is 0 Å². The van der Waals surface area contributed by atoms with Crippen molar-refractivity contribution in [3.8, 4) is 0 Å². The molecule has 3 N–H and O–H groups in total. The highest BCUT2D eigenvalue weighted by Crippen LogP contribution is 2.20. The number of aryl methyl sites for hydroxylation is 1. The fourth-order valence-corrected chi connectivity index (χ4v) is 1.87. The van der Waals surface area contributed by atoms with Crippen molar-refractivity contribution in [1.29, 1.82) is 0 Å². The molecule has 0 saturated carbocycles. The maximum absolute atomic E-state index is 11.9. The van der Waals surface area contributed by atoms with Crippen LogP contribution in [0.3, 0.4) is 0 Å². The third-order valence-electron chi connectivity index (χ3n) is 3.13. The predicted octanol–water partition coefficient (Wildman–Crippen LogP) is 1.77. The Morgan fingerprint density at radius 1 is 1.25 bits per heavy atom. The van der Waals surface area contributed by atoms with Crippen molar-refractivity contribution in [3.05, 3.63) is 58.5 Å². The summed E-state index contributed by atoms with van der Waals surface area (Å²) in [5.41, 5.74) is 7.86. The molecule has 0 spiro atoms. The molecule has 5 heteroatoms. The quantitative estimate of drug-likeness (QED) is 0.832. The average molecular weight is 271 g/mol. The molecule has 104 valence electrons. The Kier molecular flexibility index (Phi) is 4.20. The second kappa shape index (κ2) is 6.06. The van der Waals surface area contributed by atoms with Gasteiger partial charge >= 0.3 is 0 Å². The van der Waals surface area contributed by atoms with E-state index in [2.05, 4.69) is 5.32 Å². The van der Waals surface area contributed by atoms with E-state index in [0.29, 0.717) is 17.9 Å². The number of amides is 1. The largest absolute Gasteiger partial charge is 0.398 e. The fraction of sp³-hybridized carbons (Fsp3) is 0.200. The van der Waals surface area contributed by atoms with Gasteiger partial charge in [0.25, 0.3) is 5.56 Å². The van der Waals surface area contributed by atoms with Crippen LogP contribution in [0.2, 0.25) is 0 Å². The lowest BCUT2D eigenvalue weighted by Crippen LogP contribution is -2.22. The minimum absolute atomic E-state index is 0.111. The molecule has 0 atom stereocenters. The molecule has 0 aliphatic carbocycles. The maximum atomic E-state index is 11.9. The van der Waals surface area contributed by atoms with Crippen LogP contribution in [0.15, 0.2) is 47.4 Å².